The van der Waals surface area contributed by atoms with Gasteiger partial charge in [-0.3, -0.25) is 0 Å². The van der Waals surface area contributed by atoms with Crippen LogP contribution in [0.4, 0.5) is 0 Å². The van der Waals surface area contributed by atoms with E-state index >= 15 is 0 Å². The van der Waals surface area contributed by atoms with Crippen molar-refractivity contribution < 1.29 is 38.3 Å². The zero-order valence-electron chi connectivity index (χ0n) is 14.7. The Hall–Kier alpha value is -1.88. The lowest BCUT2D eigenvalue weighted by Crippen LogP contribution is -2.37. The maximum Gasteiger partial charge on any atom is 0.211 e. The van der Waals surface area contributed by atoms with Crippen LogP contribution in [0.5, 0.6) is 11.5 Å². The summed E-state index contributed by atoms with van der Waals surface area (Å²) in [6, 6.07) is 11.1. The fraction of sp³-hybridized carbons (Fsp3) is 0.333. The largest absolute Gasteiger partial charge is 0.491 e. The highest BCUT2D eigenvalue weighted by atomic mass is 35.5. The predicted molar refractivity (Wildman–Crippen MR) is 100 cm³/mol. The molecule has 10 heteroatoms. The number of halogens is 1. The Kier molecular flexibility index (Phi) is 7.64. The van der Waals surface area contributed by atoms with Crippen LogP contribution < -0.4 is 9.47 Å². The first-order valence-corrected chi connectivity index (χ1v) is 10.2. The van der Waals surface area contributed by atoms with E-state index in [0.717, 1.165) is 0 Å². The second-order valence-corrected chi connectivity index (χ2v) is 8.22. The smallest absolute Gasteiger partial charge is 0.211 e. The number of benzene rings is 2. The van der Waals surface area contributed by atoms with Gasteiger partial charge in [0.15, 0.2) is 0 Å². The average Bonchev–Trinajstić information content (AvgIpc) is 2.71. The third kappa shape index (κ3) is 6.06. The summed E-state index contributed by atoms with van der Waals surface area (Å²) in [4.78, 5) is 0.0731. The van der Waals surface area contributed by atoms with Crippen LogP contribution in [0, 0.1) is 0 Å². The maximum atomic E-state index is 12.7. The topological polar surface area (TPSA) is 134 Å². The number of hydrogen-bond donors (Lipinski definition) is 4. The summed E-state index contributed by atoms with van der Waals surface area (Å²) in [5.74, 6) is -2.00. The van der Waals surface area contributed by atoms with E-state index < -0.39 is 40.8 Å². The molecule has 0 aliphatic heterocycles. The Balaban J connectivity index is 2.07. The Morgan fingerprint density at radius 2 is 1.39 bits per heavy atom. The summed E-state index contributed by atoms with van der Waals surface area (Å²) in [6.07, 6.45) is -1.02. The van der Waals surface area contributed by atoms with Gasteiger partial charge in [-0.05, 0) is 48.5 Å². The molecule has 0 radical (unpaired) electrons. The molecule has 8 nitrogen and oxygen atoms in total. The molecule has 0 aromatic heterocycles. The van der Waals surface area contributed by atoms with Crippen molar-refractivity contribution in [2.45, 2.75) is 21.7 Å². The molecule has 0 amide bonds. The van der Waals surface area contributed by atoms with Crippen molar-refractivity contribution in [3.8, 4) is 11.5 Å². The minimum atomic E-state index is -3.78. The molecule has 2 rings (SSSR count). The number of sulfone groups is 1. The zero-order chi connectivity index (χ0) is 20.8. The molecule has 28 heavy (non-hydrogen) atoms. The Morgan fingerprint density at radius 1 is 0.929 bits per heavy atom. The molecule has 0 aliphatic carbocycles. The molecule has 0 bridgehead atoms. The van der Waals surface area contributed by atoms with Crippen LogP contribution in [0.15, 0.2) is 58.3 Å². The van der Waals surface area contributed by atoms with E-state index in [1.807, 2.05) is 0 Å². The van der Waals surface area contributed by atoms with E-state index in [9.17, 15) is 23.7 Å². The van der Waals surface area contributed by atoms with E-state index in [1.165, 1.54) is 48.5 Å². The highest BCUT2D eigenvalue weighted by molar-refractivity contribution is 7.91. The molecule has 0 saturated heterocycles. The van der Waals surface area contributed by atoms with E-state index in [4.69, 9.17) is 26.2 Å². The number of alkyl halides is 1. The molecule has 2 aromatic carbocycles. The number of rotatable bonds is 10. The van der Waals surface area contributed by atoms with Gasteiger partial charge in [-0.15, -0.1) is 11.6 Å². The molecule has 2 aromatic rings. The normalized spacial score (nSPS) is 13.2. The molecule has 0 unspecified atom stereocenters. The fourth-order valence-corrected chi connectivity index (χ4v) is 3.39. The molecule has 0 saturated carbocycles. The van der Waals surface area contributed by atoms with E-state index in [0.29, 0.717) is 5.75 Å². The number of aliphatic hydroxyl groups excluding tert-OH is 2. The molecule has 0 aliphatic rings. The number of hydrogen-bond acceptors (Lipinski definition) is 8. The van der Waals surface area contributed by atoms with Gasteiger partial charge >= 0.3 is 0 Å². The summed E-state index contributed by atoms with van der Waals surface area (Å²) >= 11 is 5.37. The first kappa shape index (κ1) is 22.4. The lowest BCUT2D eigenvalue weighted by molar-refractivity contribution is -0.162. The van der Waals surface area contributed by atoms with Crippen LogP contribution in [0.3, 0.4) is 0 Å². The lowest BCUT2D eigenvalue weighted by atomic mass is 10.3. The minimum absolute atomic E-state index is 0.0285. The highest BCUT2D eigenvalue weighted by Crippen LogP contribution is 2.25. The predicted octanol–water partition coefficient (Wildman–Crippen LogP) is 0.550. The molecular weight excluding hydrogens is 412 g/mol. The summed E-state index contributed by atoms with van der Waals surface area (Å²) in [7, 11) is -3.78. The molecular formula is C18H21ClO8S. The van der Waals surface area contributed by atoms with Gasteiger partial charge < -0.3 is 29.9 Å². The average molecular weight is 433 g/mol. The Labute approximate surface area is 167 Å². The van der Waals surface area contributed by atoms with Crippen LogP contribution in [0.2, 0.25) is 0 Å². The van der Waals surface area contributed by atoms with Gasteiger partial charge in [0.2, 0.25) is 15.6 Å². The van der Waals surface area contributed by atoms with Crippen molar-refractivity contribution in [2.75, 3.05) is 25.7 Å². The van der Waals surface area contributed by atoms with Crippen LogP contribution >= 0.6 is 11.6 Å². The monoisotopic (exact) mass is 432 g/mol. The van der Waals surface area contributed by atoms with Crippen LogP contribution in [-0.4, -0.2) is 66.4 Å². The van der Waals surface area contributed by atoms with Crippen molar-refractivity contribution in [3.63, 3.8) is 0 Å². The molecule has 0 heterocycles. The van der Waals surface area contributed by atoms with Crippen molar-refractivity contribution in [3.05, 3.63) is 48.5 Å². The van der Waals surface area contributed by atoms with Crippen molar-refractivity contribution >= 4 is 21.4 Å². The molecule has 154 valence electrons. The third-order valence-electron chi connectivity index (χ3n) is 3.61. The van der Waals surface area contributed by atoms with Crippen molar-refractivity contribution in [1.29, 1.82) is 0 Å². The summed E-state index contributed by atoms with van der Waals surface area (Å²) < 4.78 is 35.8. The van der Waals surface area contributed by atoms with Gasteiger partial charge in [0.25, 0.3) is 0 Å². The van der Waals surface area contributed by atoms with E-state index in [2.05, 4.69) is 0 Å². The van der Waals surface area contributed by atoms with E-state index in [1.54, 1.807) is 0 Å². The second-order valence-electron chi connectivity index (χ2n) is 6.00. The standard InChI is InChI=1S/C18H21ClO8S/c19-11-18(22,23)12-27-15-3-7-17(8-4-15)28(24,25)16-5-1-14(2-6-16)26-10-13(21)9-20/h1-8,13,20-23H,9-12H2/t13-/m1/s1. The molecule has 0 spiro atoms. The zero-order valence-corrected chi connectivity index (χ0v) is 16.3. The van der Waals surface area contributed by atoms with E-state index in [-0.39, 0.29) is 22.1 Å². The van der Waals surface area contributed by atoms with Gasteiger partial charge in [-0.2, -0.15) is 0 Å². The molecule has 1 atom stereocenters. The van der Waals surface area contributed by atoms with Crippen molar-refractivity contribution in [1.82, 2.24) is 0 Å². The maximum absolute atomic E-state index is 12.7. The summed E-state index contributed by atoms with van der Waals surface area (Å²) in [6.45, 7) is -1.01. The third-order valence-corrected chi connectivity index (χ3v) is 5.82. The van der Waals surface area contributed by atoms with Crippen molar-refractivity contribution in [2.24, 2.45) is 0 Å². The van der Waals surface area contributed by atoms with Gasteiger partial charge in [-0.25, -0.2) is 8.42 Å². The van der Waals surface area contributed by atoms with Gasteiger partial charge in [-0.1, -0.05) is 0 Å². The summed E-state index contributed by atoms with van der Waals surface area (Å²) in [5.41, 5.74) is 0. The van der Waals surface area contributed by atoms with Crippen LogP contribution in [0.1, 0.15) is 0 Å². The fourth-order valence-electron chi connectivity index (χ4n) is 2.05. The Morgan fingerprint density at radius 3 is 1.82 bits per heavy atom. The quantitative estimate of drug-likeness (QED) is 0.316. The number of ether oxygens (including phenoxy) is 2. The second kappa shape index (κ2) is 9.55. The first-order chi connectivity index (χ1) is 13.2. The minimum Gasteiger partial charge on any atom is -0.491 e. The first-order valence-electron chi connectivity index (χ1n) is 8.18. The van der Waals surface area contributed by atoms with Crippen LogP contribution in [-0.2, 0) is 9.84 Å². The van der Waals surface area contributed by atoms with Gasteiger partial charge in [0.1, 0.15) is 30.8 Å². The van der Waals surface area contributed by atoms with Gasteiger partial charge in [0, 0.05) is 0 Å². The summed E-state index contributed by atoms with van der Waals surface area (Å²) in [5, 5.41) is 36.8. The van der Waals surface area contributed by atoms with Crippen LogP contribution in [0.25, 0.3) is 0 Å². The van der Waals surface area contributed by atoms with Gasteiger partial charge in [0.05, 0.1) is 22.3 Å². The molecule has 0 fully saturated rings. The highest BCUT2D eigenvalue weighted by Gasteiger charge is 2.23. The SMILES string of the molecule is O=S(=O)(c1ccc(OC[C@H](O)CO)cc1)c1ccc(OCC(O)(O)CCl)cc1. The number of aliphatic hydroxyl groups is 4. The lowest BCUT2D eigenvalue weighted by Gasteiger charge is -2.19. The molecule has 4 N–H and O–H groups in total. The Bertz CT molecular complexity index is 850.